The van der Waals surface area contributed by atoms with Gasteiger partial charge in [0, 0.05) is 34.2 Å². The maximum Gasteiger partial charge on any atom is 3.00 e. The van der Waals surface area contributed by atoms with Crippen molar-refractivity contribution in [2.24, 2.45) is 16.2 Å². The number of carbonyl (C=O) groups excluding carboxylic acids is 3. The fourth-order valence-electron chi connectivity index (χ4n) is 3.64. The molecule has 37 heavy (non-hydrogen) atoms. The van der Waals surface area contributed by atoms with Crippen LogP contribution in [0.4, 0.5) is 0 Å². The minimum Gasteiger partial charge on any atom is -0.550 e. The number of rotatable bonds is 18. The van der Waals surface area contributed by atoms with E-state index in [0.717, 1.165) is 70.6 Å². The average molecular weight is 683 g/mol. The average Bonchev–Trinajstić information content (AvgIpc) is 2.79. The molecule has 0 saturated carbocycles. The first-order valence-electron chi connectivity index (χ1n) is 14.2. The van der Waals surface area contributed by atoms with Crippen LogP contribution in [0.15, 0.2) is 0 Å². The van der Waals surface area contributed by atoms with Gasteiger partial charge >= 0.3 is 36.9 Å². The van der Waals surface area contributed by atoms with E-state index in [4.69, 9.17) is 0 Å². The third kappa shape index (κ3) is 24.4. The number of hydrogen-bond donors (Lipinski definition) is 0. The van der Waals surface area contributed by atoms with Gasteiger partial charge in [-0.05, 0) is 25.7 Å². The SMILES string of the molecule is CCCCC(C)(CCC)C(=O)[O-].CCCCCCC(C)(C)C(=O)[O-].CCCCCCC(C)(C)C(=O)[O-].[Tm+3]. The summed E-state index contributed by atoms with van der Waals surface area (Å²) in [5, 5.41) is 32.0. The Morgan fingerprint density at radius 3 is 1.05 bits per heavy atom. The predicted molar refractivity (Wildman–Crippen MR) is 143 cm³/mol. The largest absolute Gasteiger partial charge is 3.00 e. The molecule has 0 N–H and O–H groups in total. The van der Waals surface area contributed by atoms with Crippen molar-refractivity contribution in [1.82, 2.24) is 0 Å². The van der Waals surface area contributed by atoms with Crippen LogP contribution in [0.5, 0.6) is 0 Å². The van der Waals surface area contributed by atoms with Crippen LogP contribution in [-0.4, -0.2) is 17.9 Å². The van der Waals surface area contributed by atoms with Crippen molar-refractivity contribution >= 4 is 17.9 Å². The van der Waals surface area contributed by atoms with E-state index in [1.54, 1.807) is 34.6 Å². The molecule has 0 amide bonds. The number of hydrogen-bond acceptors (Lipinski definition) is 6. The molecule has 0 fully saturated rings. The molecule has 226 valence electrons. The van der Waals surface area contributed by atoms with Crippen LogP contribution in [0.3, 0.4) is 0 Å². The first kappa shape index (κ1) is 43.7. The number of carbonyl (C=O) groups is 3. The molecule has 0 saturated heterocycles. The first-order chi connectivity index (χ1) is 16.6. The molecule has 0 aromatic rings. The van der Waals surface area contributed by atoms with E-state index in [1.165, 1.54) is 25.7 Å². The summed E-state index contributed by atoms with van der Waals surface area (Å²) < 4.78 is 0. The summed E-state index contributed by atoms with van der Waals surface area (Å²) in [5.74, 6) is -2.75. The molecule has 1 atom stereocenters. The summed E-state index contributed by atoms with van der Waals surface area (Å²) in [5.41, 5.74) is -1.88. The van der Waals surface area contributed by atoms with Gasteiger partial charge in [-0.3, -0.25) is 0 Å². The normalized spacial score (nSPS) is 12.6. The third-order valence-corrected chi connectivity index (χ3v) is 6.79. The molecule has 0 aromatic carbocycles. The Morgan fingerprint density at radius 2 is 0.811 bits per heavy atom. The Hall–Kier alpha value is -0.356. The summed E-state index contributed by atoms with van der Waals surface area (Å²) >= 11 is 0. The zero-order valence-electron chi connectivity index (χ0n) is 25.3. The van der Waals surface area contributed by atoms with E-state index >= 15 is 0 Å². The van der Waals surface area contributed by atoms with Gasteiger partial charge in [-0.1, -0.05) is 133 Å². The summed E-state index contributed by atoms with van der Waals surface area (Å²) in [6.07, 6.45) is 14.9. The van der Waals surface area contributed by atoms with E-state index in [1.807, 2.05) is 6.92 Å². The molecule has 0 bridgehead atoms. The summed E-state index contributed by atoms with van der Waals surface area (Å²) in [7, 11) is 0. The van der Waals surface area contributed by atoms with Crippen LogP contribution in [0.1, 0.15) is 159 Å². The molecule has 6 nitrogen and oxygen atoms in total. The van der Waals surface area contributed by atoms with Gasteiger partial charge in [-0.15, -0.1) is 0 Å². The van der Waals surface area contributed by atoms with Gasteiger partial charge in [0.15, 0.2) is 0 Å². The Morgan fingerprint density at radius 1 is 0.459 bits per heavy atom. The molecule has 0 aliphatic rings. The topological polar surface area (TPSA) is 120 Å². The monoisotopic (exact) mass is 682 g/mol. The fourth-order valence-corrected chi connectivity index (χ4v) is 3.64. The van der Waals surface area contributed by atoms with Crippen molar-refractivity contribution in [3.63, 3.8) is 0 Å². The molecule has 0 radical (unpaired) electrons. The van der Waals surface area contributed by atoms with Gasteiger partial charge < -0.3 is 29.7 Å². The van der Waals surface area contributed by atoms with Crippen molar-refractivity contribution in [2.75, 3.05) is 0 Å². The van der Waals surface area contributed by atoms with Gasteiger partial charge in [-0.2, -0.15) is 0 Å². The summed E-state index contributed by atoms with van der Waals surface area (Å²) in [6.45, 7) is 17.1. The Balaban J connectivity index is -0.000000218. The predicted octanol–water partition coefficient (Wildman–Crippen LogP) is 5.20. The molecular formula is C30H57O6Tm. The van der Waals surface area contributed by atoms with E-state index in [0.29, 0.717) is 0 Å². The van der Waals surface area contributed by atoms with E-state index < -0.39 is 34.2 Å². The first-order valence-corrected chi connectivity index (χ1v) is 14.2. The number of carboxylic acid groups (broad SMARTS) is 3. The maximum atomic E-state index is 10.8. The zero-order chi connectivity index (χ0) is 28.8. The van der Waals surface area contributed by atoms with Gasteiger partial charge in [0.2, 0.25) is 0 Å². The van der Waals surface area contributed by atoms with Crippen LogP contribution >= 0.6 is 0 Å². The second-order valence-corrected chi connectivity index (χ2v) is 11.7. The molecule has 7 heteroatoms. The van der Waals surface area contributed by atoms with Crippen LogP contribution in [-0.2, 0) is 14.4 Å². The Bertz CT molecular complexity index is 555. The minimum absolute atomic E-state index is 0. The standard InChI is InChI=1S/3C10H20O2.Tm/c2*1-4-5-6-7-8-10(2,3)9(11)12;1-4-6-8-10(3,7-5-2)9(11)12;/h3*4-8H2,1-3H3,(H,11,12);/q;;;+3/p-3. The Kier molecular flexibility index (Phi) is 29.1. The van der Waals surface area contributed by atoms with Crippen molar-refractivity contribution in [3.8, 4) is 0 Å². The number of aliphatic carboxylic acids is 3. The van der Waals surface area contributed by atoms with Gasteiger partial charge in [0.1, 0.15) is 0 Å². The molecule has 1 unspecified atom stereocenters. The van der Waals surface area contributed by atoms with Crippen molar-refractivity contribution < 1.29 is 66.6 Å². The molecular weight excluding hydrogens is 625 g/mol. The van der Waals surface area contributed by atoms with E-state index in [-0.39, 0.29) is 36.9 Å². The van der Waals surface area contributed by atoms with E-state index in [2.05, 4.69) is 20.8 Å². The molecule has 0 aliphatic carbocycles. The molecule has 0 rings (SSSR count). The molecule has 0 aliphatic heterocycles. The summed E-state index contributed by atoms with van der Waals surface area (Å²) in [4.78, 5) is 32.0. The van der Waals surface area contributed by atoms with Crippen LogP contribution in [0.2, 0.25) is 0 Å². The van der Waals surface area contributed by atoms with Crippen molar-refractivity contribution in [3.05, 3.63) is 0 Å². The maximum absolute atomic E-state index is 10.8. The minimum atomic E-state index is -0.931. The second kappa shape index (κ2) is 24.7. The molecule has 0 heterocycles. The quantitative estimate of drug-likeness (QED) is 0.184. The van der Waals surface area contributed by atoms with Crippen LogP contribution in [0.25, 0.3) is 0 Å². The van der Waals surface area contributed by atoms with Crippen LogP contribution < -0.4 is 15.3 Å². The van der Waals surface area contributed by atoms with Gasteiger partial charge in [0.25, 0.3) is 0 Å². The third-order valence-electron chi connectivity index (χ3n) is 6.79. The second-order valence-electron chi connectivity index (χ2n) is 11.7. The van der Waals surface area contributed by atoms with Gasteiger partial charge in [-0.25, -0.2) is 0 Å². The van der Waals surface area contributed by atoms with Crippen LogP contribution in [0, 0.1) is 53.1 Å². The molecule has 0 aromatic heterocycles. The summed E-state index contributed by atoms with van der Waals surface area (Å²) in [6, 6.07) is 0. The number of unbranched alkanes of at least 4 members (excludes halogenated alkanes) is 7. The molecule has 0 spiro atoms. The smallest absolute Gasteiger partial charge is 0.550 e. The Labute approximate surface area is 258 Å². The van der Waals surface area contributed by atoms with E-state index in [9.17, 15) is 29.7 Å². The van der Waals surface area contributed by atoms with Gasteiger partial charge in [0.05, 0.1) is 0 Å². The fraction of sp³-hybridized carbons (Fsp3) is 0.900. The van der Waals surface area contributed by atoms with Crippen molar-refractivity contribution in [1.29, 1.82) is 0 Å². The zero-order valence-corrected chi connectivity index (χ0v) is 27.1. The van der Waals surface area contributed by atoms with Crippen molar-refractivity contribution in [2.45, 2.75) is 159 Å². The number of carboxylic acids is 3.